The Hall–Kier alpha value is -1.96. The second-order valence-corrected chi connectivity index (χ2v) is 8.07. The summed E-state index contributed by atoms with van der Waals surface area (Å²) in [6.07, 6.45) is 3.81. The van der Waals surface area contributed by atoms with Crippen LogP contribution in [-0.4, -0.2) is 51.3 Å². The highest BCUT2D eigenvalue weighted by Crippen LogP contribution is 2.39. The quantitative estimate of drug-likeness (QED) is 0.670. The van der Waals surface area contributed by atoms with Crippen LogP contribution < -0.4 is 15.4 Å². The molecule has 0 amide bonds. The van der Waals surface area contributed by atoms with Gasteiger partial charge in [0.1, 0.15) is 5.82 Å². The maximum absolute atomic E-state index is 11.0. The van der Waals surface area contributed by atoms with Crippen LogP contribution in [0.25, 0.3) is 10.8 Å². The number of pyridine rings is 1. The lowest BCUT2D eigenvalue weighted by molar-refractivity contribution is 0.350. The van der Waals surface area contributed by atoms with E-state index in [1.807, 2.05) is 0 Å². The molecule has 3 heterocycles. The number of anilines is 2. The van der Waals surface area contributed by atoms with E-state index >= 15 is 0 Å². The summed E-state index contributed by atoms with van der Waals surface area (Å²) in [5.74, 6) is 1.83. The molecule has 1 aliphatic heterocycles. The number of aromatic nitrogens is 3. The molecule has 0 aromatic carbocycles. The largest absolute Gasteiger partial charge is 0.481 e. The average Bonchev–Trinajstić information content (AvgIpc) is 2.59. The number of rotatable bonds is 5. The minimum atomic E-state index is -3.93. The predicted molar refractivity (Wildman–Crippen MR) is 94.8 cm³/mol. The van der Waals surface area contributed by atoms with Crippen LogP contribution in [0.5, 0.6) is 5.88 Å². The van der Waals surface area contributed by atoms with Crippen molar-refractivity contribution >= 4 is 30.0 Å². The first-order valence-corrected chi connectivity index (χ1v) is 9.92. The van der Waals surface area contributed by atoms with Crippen LogP contribution in [0.2, 0.25) is 0 Å². The van der Waals surface area contributed by atoms with Crippen molar-refractivity contribution in [3.8, 4) is 5.88 Å². The molecule has 136 valence electrons. The summed E-state index contributed by atoms with van der Waals surface area (Å²) in [4.78, 5) is 24.7. The van der Waals surface area contributed by atoms with E-state index in [0.717, 1.165) is 42.5 Å². The smallest absolute Gasteiger partial charge is 0.325 e. The summed E-state index contributed by atoms with van der Waals surface area (Å²) < 4.78 is 16.3. The number of nitrogen functional groups attached to an aromatic ring is 1. The van der Waals surface area contributed by atoms with Gasteiger partial charge in [-0.05, 0) is 25.2 Å². The van der Waals surface area contributed by atoms with Gasteiger partial charge in [0, 0.05) is 24.5 Å². The molecule has 4 N–H and O–H groups in total. The molecule has 9 nitrogen and oxygen atoms in total. The molecule has 2 aromatic rings. The van der Waals surface area contributed by atoms with Crippen molar-refractivity contribution < 1.29 is 19.1 Å². The highest BCUT2D eigenvalue weighted by molar-refractivity contribution is 7.51. The van der Waals surface area contributed by atoms with Gasteiger partial charge >= 0.3 is 7.60 Å². The zero-order chi connectivity index (χ0) is 18.0. The number of hydrogen-bond donors (Lipinski definition) is 3. The Morgan fingerprint density at radius 2 is 2.12 bits per heavy atom. The third-order valence-corrected chi connectivity index (χ3v) is 5.42. The first-order chi connectivity index (χ1) is 11.9. The molecular weight excluding hydrogens is 345 g/mol. The summed E-state index contributed by atoms with van der Waals surface area (Å²) in [5.41, 5.74) is 6.01. The zero-order valence-electron chi connectivity index (χ0n) is 14.0. The number of fused-ring (bicyclic) bond motifs is 1. The molecule has 2 aromatic heterocycles. The average molecular weight is 367 g/mol. The topological polar surface area (TPSA) is 135 Å². The van der Waals surface area contributed by atoms with E-state index in [1.54, 1.807) is 19.4 Å². The maximum Gasteiger partial charge on any atom is 0.325 e. The van der Waals surface area contributed by atoms with Crippen LogP contribution in [0, 0.1) is 5.92 Å². The second kappa shape index (κ2) is 7.11. The number of nitrogens with two attached hydrogens (primary N) is 1. The van der Waals surface area contributed by atoms with Crippen molar-refractivity contribution in [2.24, 2.45) is 5.92 Å². The summed E-state index contributed by atoms with van der Waals surface area (Å²) in [6, 6.07) is 1.77. The van der Waals surface area contributed by atoms with Gasteiger partial charge in [-0.3, -0.25) is 4.57 Å². The molecular formula is C15H22N5O4P. The van der Waals surface area contributed by atoms with Gasteiger partial charge in [0.25, 0.3) is 0 Å². The predicted octanol–water partition coefficient (Wildman–Crippen LogP) is 1.40. The van der Waals surface area contributed by atoms with Gasteiger partial charge in [0.2, 0.25) is 5.88 Å². The van der Waals surface area contributed by atoms with E-state index in [0.29, 0.717) is 24.0 Å². The normalized spacial score (nSPS) is 16.4. The lowest BCUT2D eigenvalue weighted by atomic mass is 9.94. The second-order valence-electron chi connectivity index (χ2n) is 6.29. The van der Waals surface area contributed by atoms with Crippen molar-refractivity contribution in [3.05, 3.63) is 12.3 Å². The molecule has 0 aliphatic carbocycles. The molecule has 1 saturated heterocycles. The molecule has 3 rings (SSSR count). The minimum absolute atomic E-state index is 0.0550. The monoisotopic (exact) mass is 367 g/mol. The first kappa shape index (κ1) is 17.8. The van der Waals surface area contributed by atoms with Crippen molar-refractivity contribution in [1.82, 2.24) is 15.2 Å². The van der Waals surface area contributed by atoms with Gasteiger partial charge in [0.15, 0.2) is 5.82 Å². The minimum Gasteiger partial charge on any atom is -0.481 e. The molecule has 1 aliphatic rings. The van der Waals surface area contributed by atoms with Crippen molar-refractivity contribution in [2.45, 2.75) is 19.3 Å². The number of hydrogen-bond acceptors (Lipinski definition) is 7. The molecule has 25 heavy (non-hydrogen) atoms. The van der Waals surface area contributed by atoms with E-state index in [1.165, 1.54) is 0 Å². The van der Waals surface area contributed by atoms with Crippen LogP contribution in [0.4, 0.5) is 11.6 Å². The van der Waals surface area contributed by atoms with Crippen molar-refractivity contribution in [2.75, 3.05) is 37.0 Å². The lowest BCUT2D eigenvalue weighted by Gasteiger charge is -2.33. The molecule has 0 unspecified atom stereocenters. The Morgan fingerprint density at radius 1 is 1.40 bits per heavy atom. The fourth-order valence-corrected chi connectivity index (χ4v) is 3.91. The Morgan fingerprint density at radius 3 is 2.76 bits per heavy atom. The standard InChI is InChI=1S/C15H22N5O4P/c1-24-12-8-11-9-17-19-14(16)13(11)15(18-12)20-5-2-10(3-6-20)4-7-25(21,22)23/h8-10H,2-7H2,1H3,(H2,16,19)(H2,21,22,23). The first-order valence-electron chi connectivity index (χ1n) is 8.13. The van der Waals surface area contributed by atoms with Crippen LogP contribution >= 0.6 is 7.60 Å². The van der Waals surface area contributed by atoms with Crippen LogP contribution in [-0.2, 0) is 4.57 Å². The van der Waals surface area contributed by atoms with E-state index in [9.17, 15) is 4.57 Å². The fraction of sp³-hybridized carbons (Fsp3) is 0.533. The summed E-state index contributed by atoms with van der Waals surface area (Å²) in [7, 11) is -2.37. The Bertz CT molecular complexity index is 804. The third-order valence-electron chi connectivity index (χ3n) is 4.58. The number of piperidine rings is 1. The van der Waals surface area contributed by atoms with Gasteiger partial charge in [0.05, 0.1) is 24.9 Å². The van der Waals surface area contributed by atoms with E-state index in [2.05, 4.69) is 20.1 Å². The van der Waals surface area contributed by atoms with Gasteiger partial charge in [-0.15, -0.1) is 5.10 Å². The molecule has 10 heteroatoms. The number of ether oxygens (including phenoxy) is 1. The van der Waals surface area contributed by atoms with Gasteiger partial charge in [-0.1, -0.05) is 0 Å². The van der Waals surface area contributed by atoms with Crippen LogP contribution in [0.15, 0.2) is 12.3 Å². The lowest BCUT2D eigenvalue weighted by Crippen LogP contribution is -2.34. The SMILES string of the molecule is COc1cc2cnnc(N)c2c(N2CCC(CCP(=O)(O)O)CC2)n1. The molecule has 0 spiro atoms. The van der Waals surface area contributed by atoms with Gasteiger partial charge in [-0.25, -0.2) is 0 Å². The van der Waals surface area contributed by atoms with Crippen LogP contribution in [0.1, 0.15) is 19.3 Å². The molecule has 0 bridgehead atoms. The Labute approximate surface area is 145 Å². The highest BCUT2D eigenvalue weighted by Gasteiger charge is 2.25. The van der Waals surface area contributed by atoms with Crippen molar-refractivity contribution in [1.29, 1.82) is 0 Å². The zero-order valence-corrected chi connectivity index (χ0v) is 14.9. The Balaban J connectivity index is 1.80. The third kappa shape index (κ3) is 4.18. The number of methoxy groups -OCH3 is 1. The molecule has 0 radical (unpaired) electrons. The molecule has 1 fully saturated rings. The summed E-state index contributed by atoms with van der Waals surface area (Å²) in [5, 5.41) is 9.38. The summed E-state index contributed by atoms with van der Waals surface area (Å²) in [6.45, 7) is 1.48. The maximum atomic E-state index is 11.0. The Kier molecular flexibility index (Phi) is 5.08. The van der Waals surface area contributed by atoms with E-state index < -0.39 is 7.60 Å². The molecule has 0 atom stereocenters. The fourth-order valence-electron chi connectivity index (χ4n) is 3.21. The van der Waals surface area contributed by atoms with Crippen LogP contribution in [0.3, 0.4) is 0 Å². The summed E-state index contributed by atoms with van der Waals surface area (Å²) >= 11 is 0. The number of nitrogens with zero attached hydrogens (tertiary/aromatic N) is 4. The highest BCUT2D eigenvalue weighted by atomic mass is 31.2. The van der Waals surface area contributed by atoms with Crippen molar-refractivity contribution in [3.63, 3.8) is 0 Å². The molecule has 0 saturated carbocycles. The van der Waals surface area contributed by atoms with Gasteiger partial charge < -0.3 is 25.2 Å². The van der Waals surface area contributed by atoms with E-state index in [4.69, 9.17) is 20.3 Å². The van der Waals surface area contributed by atoms with E-state index in [-0.39, 0.29) is 6.16 Å². The van der Waals surface area contributed by atoms with Gasteiger partial charge in [-0.2, -0.15) is 10.1 Å².